The molecule has 0 spiro atoms. The van der Waals surface area contributed by atoms with Gasteiger partial charge in [-0.15, -0.1) is 5.10 Å². The summed E-state index contributed by atoms with van der Waals surface area (Å²) in [5.74, 6) is 1.28. The Kier molecular flexibility index (Phi) is 6.41. The monoisotopic (exact) mass is 501 g/mol. The third kappa shape index (κ3) is 4.79. The highest BCUT2D eigenvalue weighted by Gasteiger charge is 2.28. The zero-order valence-electron chi connectivity index (χ0n) is 21.5. The third-order valence-electron chi connectivity index (χ3n) is 6.87. The molecule has 0 aliphatic heterocycles. The van der Waals surface area contributed by atoms with Gasteiger partial charge in [-0.25, -0.2) is 9.67 Å². The molecule has 5 rings (SSSR count). The number of ether oxygens (including phenoxy) is 1. The van der Waals surface area contributed by atoms with Crippen LogP contribution in [0.1, 0.15) is 52.5 Å². The summed E-state index contributed by atoms with van der Waals surface area (Å²) in [6.45, 7) is 6.48. The van der Waals surface area contributed by atoms with Crippen LogP contribution in [-0.2, 0) is 12.6 Å². The lowest BCUT2D eigenvalue weighted by Crippen LogP contribution is -2.27. The molecule has 1 N–H and O–H groups in total. The molecule has 0 bridgehead atoms. The van der Waals surface area contributed by atoms with Gasteiger partial charge in [-0.2, -0.15) is 15.5 Å². The van der Waals surface area contributed by atoms with Gasteiger partial charge in [0.1, 0.15) is 23.2 Å². The number of anilines is 1. The van der Waals surface area contributed by atoms with Gasteiger partial charge in [0.15, 0.2) is 0 Å². The minimum Gasteiger partial charge on any atom is -0.473 e. The Morgan fingerprint density at radius 3 is 2.68 bits per heavy atom. The number of nitrogens with zero attached hydrogens (tertiary/aromatic N) is 8. The molecule has 11 nitrogen and oxygen atoms in total. The maximum absolute atomic E-state index is 11.6. The molecule has 4 heterocycles. The van der Waals surface area contributed by atoms with Crippen molar-refractivity contribution >= 4 is 16.7 Å². The second-order valence-corrected chi connectivity index (χ2v) is 9.94. The fourth-order valence-electron chi connectivity index (χ4n) is 4.73. The predicted molar refractivity (Wildman–Crippen MR) is 139 cm³/mol. The van der Waals surface area contributed by atoms with Gasteiger partial charge in [0.2, 0.25) is 5.88 Å². The molecule has 4 aromatic rings. The van der Waals surface area contributed by atoms with Gasteiger partial charge < -0.3 is 10.1 Å². The Labute approximate surface area is 214 Å². The number of nitriles is 1. The van der Waals surface area contributed by atoms with Crippen LogP contribution in [0, 0.1) is 11.3 Å². The molecular formula is C26H31N9O2. The highest BCUT2D eigenvalue weighted by atomic mass is 16.5. The van der Waals surface area contributed by atoms with Crippen LogP contribution < -0.4 is 15.6 Å². The topological polar surface area (TPSA) is 128 Å². The van der Waals surface area contributed by atoms with Crippen LogP contribution in [0.15, 0.2) is 41.6 Å². The number of hydrogen-bond donors (Lipinski definition) is 1. The summed E-state index contributed by atoms with van der Waals surface area (Å²) in [6.07, 6.45) is 9.02. The van der Waals surface area contributed by atoms with Crippen molar-refractivity contribution in [3.8, 4) is 23.2 Å². The molecule has 0 radical (unpaired) electrons. The van der Waals surface area contributed by atoms with E-state index in [9.17, 15) is 10.1 Å². The molecule has 0 unspecified atom stereocenters. The average Bonchev–Trinajstić information content (AvgIpc) is 3.53. The zero-order chi connectivity index (χ0) is 26.2. The van der Waals surface area contributed by atoms with Crippen LogP contribution >= 0.6 is 0 Å². The first kappa shape index (κ1) is 24.5. The Morgan fingerprint density at radius 2 is 1.97 bits per heavy atom. The summed E-state index contributed by atoms with van der Waals surface area (Å²) in [5, 5.41) is 27.5. The first-order valence-electron chi connectivity index (χ1n) is 12.6. The van der Waals surface area contributed by atoms with E-state index in [2.05, 4.69) is 37.3 Å². The first-order chi connectivity index (χ1) is 17.8. The lowest BCUT2D eigenvalue weighted by atomic mass is 9.93. The van der Waals surface area contributed by atoms with Gasteiger partial charge in [0, 0.05) is 55.1 Å². The van der Waals surface area contributed by atoms with E-state index in [0.717, 1.165) is 60.2 Å². The van der Waals surface area contributed by atoms with Crippen LogP contribution in [-0.4, -0.2) is 47.0 Å². The van der Waals surface area contributed by atoms with Crippen molar-refractivity contribution in [3.05, 3.63) is 47.1 Å². The van der Waals surface area contributed by atoms with E-state index in [1.165, 1.54) is 10.7 Å². The molecule has 1 fully saturated rings. The van der Waals surface area contributed by atoms with Crippen molar-refractivity contribution in [1.29, 1.82) is 5.26 Å². The molecule has 37 heavy (non-hydrogen) atoms. The molecule has 1 aliphatic rings. The van der Waals surface area contributed by atoms with Crippen molar-refractivity contribution in [2.75, 3.05) is 11.9 Å². The summed E-state index contributed by atoms with van der Waals surface area (Å²) in [5.41, 5.74) is 1.75. The van der Waals surface area contributed by atoms with E-state index in [-0.39, 0.29) is 17.7 Å². The first-order valence-corrected chi connectivity index (χ1v) is 12.6. The van der Waals surface area contributed by atoms with Gasteiger partial charge in [0.25, 0.3) is 5.56 Å². The number of fused-ring (bicyclic) bond motifs is 1. The van der Waals surface area contributed by atoms with Crippen LogP contribution in [0.3, 0.4) is 0 Å². The normalized spacial score (nSPS) is 18.0. The Bertz CT molecular complexity index is 1520. The highest BCUT2D eigenvalue weighted by molar-refractivity contribution is 5.93. The summed E-state index contributed by atoms with van der Waals surface area (Å²) in [6, 6.07) is 7.64. The van der Waals surface area contributed by atoms with Crippen molar-refractivity contribution in [1.82, 2.24) is 34.3 Å². The van der Waals surface area contributed by atoms with Gasteiger partial charge in [0.05, 0.1) is 23.8 Å². The van der Waals surface area contributed by atoms with E-state index in [0.29, 0.717) is 5.88 Å². The van der Waals surface area contributed by atoms with E-state index in [1.807, 2.05) is 33.2 Å². The molecule has 0 amide bonds. The fraction of sp³-hybridized carbons (Fsp3) is 0.462. The summed E-state index contributed by atoms with van der Waals surface area (Å²) in [7, 11) is 1.62. The molecule has 11 heteroatoms. The second kappa shape index (κ2) is 9.69. The second-order valence-electron chi connectivity index (χ2n) is 9.94. The Balaban J connectivity index is 1.43. The van der Waals surface area contributed by atoms with E-state index in [1.54, 1.807) is 24.0 Å². The van der Waals surface area contributed by atoms with Gasteiger partial charge in [-0.1, -0.05) is 0 Å². The standard InChI is InChI=1S/C26H31N9O2/c1-5-28-22-12-21-20(14-29-22)25(17-13-30-34(15-17)26(2,3)16-27)32-35(21)18-6-8-19(9-7-18)37-23-10-11-24(36)33(4)31-23/h10-15,18-19H,5-9H2,1-4H3,(H,28,29). The van der Waals surface area contributed by atoms with Crippen LogP contribution in [0.4, 0.5) is 5.82 Å². The van der Waals surface area contributed by atoms with Crippen LogP contribution in [0.25, 0.3) is 22.2 Å². The molecule has 0 saturated heterocycles. The predicted octanol–water partition coefficient (Wildman–Crippen LogP) is 3.64. The van der Waals surface area contributed by atoms with Crippen LogP contribution in [0.5, 0.6) is 5.88 Å². The maximum atomic E-state index is 11.6. The van der Waals surface area contributed by atoms with Crippen molar-refractivity contribution in [2.24, 2.45) is 7.05 Å². The Hall–Kier alpha value is -4.20. The van der Waals surface area contributed by atoms with Crippen molar-refractivity contribution in [2.45, 2.75) is 64.1 Å². The number of hydrogen-bond acceptors (Lipinski definition) is 8. The average molecular weight is 502 g/mol. The molecule has 0 aromatic carbocycles. The van der Waals surface area contributed by atoms with Crippen LogP contribution in [0.2, 0.25) is 0 Å². The number of pyridine rings is 1. The van der Waals surface area contributed by atoms with Gasteiger partial charge in [-0.3, -0.25) is 14.2 Å². The lowest BCUT2D eigenvalue weighted by Gasteiger charge is -2.29. The number of rotatable bonds is 7. The zero-order valence-corrected chi connectivity index (χ0v) is 21.5. The Morgan fingerprint density at radius 1 is 1.19 bits per heavy atom. The van der Waals surface area contributed by atoms with Crippen molar-refractivity contribution in [3.63, 3.8) is 0 Å². The quantitative estimate of drug-likeness (QED) is 0.406. The molecule has 0 atom stereocenters. The number of aromatic nitrogens is 7. The SMILES string of the molecule is CCNc1cc2c(cn1)c(-c1cnn(C(C)(C)C#N)c1)nn2C1CCC(Oc2ccc(=O)n(C)n2)CC1. The fourth-order valence-corrected chi connectivity index (χ4v) is 4.73. The number of nitrogens with one attached hydrogen (secondary N) is 1. The highest BCUT2D eigenvalue weighted by Crippen LogP contribution is 2.36. The minimum atomic E-state index is -0.759. The molecule has 1 saturated carbocycles. The summed E-state index contributed by atoms with van der Waals surface area (Å²) in [4.78, 5) is 16.2. The smallest absolute Gasteiger partial charge is 0.266 e. The maximum Gasteiger partial charge on any atom is 0.266 e. The van der Waals surface area contributed by atoms with E-state index >= 15 is 0 Å². The largest absolute Gasteiger partial charge is 0.473 e. The molecule has 1 aliphatic carbocycles. The van der Waals surface area contributed by atoms with Gasteiger partial charge in [-0.05, 0) is 46.5 Å². The minimum absolute atomic E-state index is 0.0352. The third-order valence-corrected chi connectivity index (χ3v) is 6.87. The number of aryl methyl sites for hydroxylation is 1. The lowest BCUT2D eigenvalue weighted by molar-refractivity contribution is 0.123. The van der Waals surface area contributed by atoms with Gasteiger partial charge >= 0.3 is 0 Å². The molecular weight excluding hydrogens is 470 g/mol. The van der Waals surface area contributed by atoms with E-state index < -0.39 is 5.54 Å². The molecule has 192 valence electrons. The van der Waals surface area contributed by atoms with E-state index in [4.69, 9.17) is 9.84 Å². The summed E-state index contributed by atoms with van der Waals surface area (Å²) < 4.78 is 11.1. The van der Waals surface area contributed by atoms with Crippen molar-refractivity contribution < 1.29 is 4.74 Å². The summed E-state index contributed by atoms with van der Waals surface area (Å²) >= 11 is 0. The molecule has 4 aromatic heterocycles.